The highest BCUT2D eigenvalue weighted by Crippen LogP contribution is 2.43. The van der Waals surface area contributed by atoms with E-state index in [0.717, 1.165) is 23.4 Å². The van der Waals surface area contributed by atoms with Crippen LogP contribution in [-0.2, 0) is 11.2 Å². The summed E-state index contributed by atoms with van der Waals surface area (Å²) in [5.74, 6) is 1.71. The van der Waals surface area contributed by atoms with Gasteiger partial charge in [0, 0.05) is 31.0 Å². The molecular weight excluding hydrogens is 374 g/mol. The standard InChI is InChI=1S/C20H27N5O4/c1-19(2,3)29-18(26)25-9-20(4,10-25)11-28-14-8-22-12-5-6-27-17(12)16(14)13-7-15(21)24-23-13/h7-8H,5-6,9-11H2,1-4H3,(H3,21,23,24). The predicted molar refractivity (Wildman–Crippen MR) is 107 cm³/mol. The van der Waals surface area contributed by atoms with E-state index >= 15 is 0 Å². The fourth-order valence-electron chi connectivity index (χ4n) is 3.60. The second kappa shape index (κ2) is 6.82. The number of ether oxygens (including phenoxy) is 3. The van der Waals surface area contributed by atoms with Gasteiger partial charge in [-0.1, -0.05) is 6.92 Å². The lowest BCUT2D eigenvalue weighted by atomic mass is 9.83. The monoisotopic (exact) mass is 401 g/mol. The minimum atomic E-state index is -0.503. The van der Waals surface area contributed by atoms with Crippen LogP contribution in [0.15, 0.2) is 12.3 Å². The first-order valence-electron chi connectivity index (χ1n) is 9.70. The van der Waals surface area contributed by atoms with Gasteiger partial charge in [0.1, 0.15) is 11.4 Å². The molecule has 1 saturated heterocycles. The molecule has 1 amide bonds. The summed E-state index contributed by atoms with van der Waals surface area (Å²) in [6.45, 7) is 9.83. The number of fused-ring (bicyclic) bond motifs is 1. The lowest BCUT2D eigenvalue weighted by Crippen LogP contribution is -2.60. The number of nitrogens with two attached hydrogens (primary N) is 1. The first kappa shape index (κ1) is 19.4. The SMILES string of the molecule is CC1(COc2cnc3c(c2-c2cc(N)n[nH]2)OCC3)CN(C(=O)OC(C)(C)C)C1. The average Bonchev–Trinajstić information content (AvgIpc) is 3.24. The number of nitrogen functional groups attached to an aromatic ring is 1. The van der Waals surface area contributed by atoms with Crippen molar-refractivity contribution in [2.75, 3.05) is 32.0 Å². The van der Waals surface area contributed by atoms with Crippen molar-refractivity contribution in [3.8, 4) is 22.8 Å². The summed E-state index contributed by atoms with van der Waals surface area (Å²) in [6, 6.07) is 1.75. The van der Waals surface area contributed by atoms with Crippen LogP contribution in [0.5, 0.6) is 11.5 Å². The minimum Gasteiger partial charge on any atom is -0.490 e. The largest absolute Gasteiger partial charge is 0.490 e. The maximum absolute atomic E-state index is 12.2. The summed E-state index contributed by atoms with van der Waals surface area (Å²) >= 11 is 0. The van der Waals surface area contributed by atoms with Crippen molar-refractivity contribution in [3.63, 3.8) is 0 Å². The molecule has 29 heavy (non-hydrogen) atoms. The highest BCUT2D eigenvalue weighted by atomic mass is 16.6. The molecule has 0 spiro atoms. The molecule has 0 aliphatic carbocycles. The Morgan fingerprint density at radius 3 is 2.83 bits per heavy atom. The number of H-pyrrole nitrogens is 1. The van der Waals surface area contributed by atoms with Gasteiger partial charge in [0.25, 0.3) is 0 Å². The predicted octanol–water partition coefficient (Wildman–Crippen LogP) is 2.62. The third-order valence-corrected chi connectivity index (χ3v) is 4.90. The number of hydrogen-bond acceptors (Lipinski definition) is 7. The van der Waals surface area contributed by atoms with Crippen LogP contribution in [0.3, 0.4) is 0 Å². The van der Waals surface area contributed by atoms with Gasteiger partial charge in [0.15, 0.2) is 11.5 Å². The molecule has 156 valence electrons. The Hall–Kier alpha value is -2.97. The van der Waals surface area contributed by atoms with Gasteiger partial charge in [0.05, 0.1) is 36.4 Å². The minimum absolute atomic E-state index is 0.166. The lowest BCUT2D eigenvalue weighted by Gasteiger charge is -2.47. The zero-order chi connectivity index (χ0) is 20.8. The summed E-state index contributed by atoms with van der Waals surface area (Å²) in [6.07, 6.45) is 2.18. The van der Waals surface area contributed by atoms with E-state index in [1.165, 1.54) is 0 Å². The molecule has 0 saturated carbocycles. The van der Waals surface area contributed by atoms with Crippen molar-refractivity contribution in [1.29, 1.82) is 0 Å². The maximum Gasteiger partial charge on any atom is 0.410 e. The van der Waals surface area contributed by atoms with E-state index in [9.17, 15) is 4.79 Å². The Balaban J connectivity index is 1.47. The van der Waals surface area contributed by atoms with Crippen molar-refractivity contribution in [3.05, 3.63) is 18.0 Å². The topological polar surface area (TPSA) is 116 Å². The summed E-state index contributed by atoms with van der Waals surface area (Å²) in [7, 11) is 0. The molecular formula is C20H27N5O4. The van der Waals surface area contributed by atoms with Gasteiger partial charge in [-0.05, 0) is 20.8 Å². The van der Waals surface area contributed by atoms with Crippen molar-refractivity contribution < 1.29 is 19.0 Å². The fraction of sp³-hybridized carbons (Fsp3) is 0.550. The van der Waals surface area contributed by atoms with Crippen molar-refractivity contribution in [2.45, 2.75) is 39.7 Å². The van der Waals surface area contributed by atoms with Gasteiger partial charge in [-0.25, -0.2) is 4.79 Å². The number of nitrogens with one attached hydrogen (secondary N) is 1. The quantitative estimate of drug-likeness (QED) is 0.809. The van der Waals surface area contributed by atoms with Crippen molar-refractivity contribution >= 4 is 11.9 Å². The van der Waals surface area contributed by atoms with Gasteiger partial charge in [-0.2, -0.15) is 5.10 Å². The van der Waals surface area contributed by atoms with E-state index in [4.69, 9.17) is 19.9 Å². The second-order valence-corrected chi connectivity index (χ2v) is 9.01. The van der Waals surface area contributed by atoms with Crippen molar-refractivity contribution in [1.82, 2.24) is 20.1 Å². The fourth-order valence-corrected chi connectivity index (χ4v) is 3.60. The molecule has 2 aliphatic heterocycles. The van der Waals surface area contributed by atoms with Crippen LogP contribution in [0, 0.1) is 5.41 Å². The number of hydrogen-bond donors (Lipinski definition) is 2. The average molecular weight is 401 g/mol. The first-order chi connectivity index (χ1) is 13.6. The number of amides is 1. The molecule has 0 bridgehead atoms. The Morgan fingerprint density at radius 2 is 2.17 bits per heavy atom. The number of aromatic amines is 1. The molecule has 9 nitrogen and oxygen atoms in total. The normalized spacial score (nSPS) is 17.3. The third kappa shape index (κ3) is 3.94. The molecule has 0 aromatic carbocycles. The number of carbonyl (C=O) groups excluding carboxylic acids is 1. The second-order valence-electron chi connectivity index (χ2n) is 9.01. The summed E-state index contributed by atoms with van der Waals surface area (Å²) in [5, 5.41) is 6.95. The van der Waals surface area contributed by atoms with E-state index in [1.54, 1.807) is 17.2 Å². The van der Waals surface area contributed by atoms with E-state index in [1.807, 2.05) is 20.8 Å². The molecule has 2 aromatic heterocycles. The van der Waals surface area contributed by atoms with E-state index < -0.39 is 5.60 Å². The van der Waals surface area contributed by atoms with Crippen LogP contribution in [0.25, 0.3) is 11.3 Å². The van der Waals surface area contributed by atoms with Gasteiger partial charge >= 0.3 is 6.09 Å². The summed E-state index contributed by atoms with van der Waals surface area (Å²) in [4.78, 5) is 18.4. The van der Waals surface area contributed by atoms with Crippen LogP contribution in [0.2, 0.25) is 0 Å². The van der Waals surface area contributed by atoms with E-state index in [0.29, 0.717) is 43.6 Å². The molecule has 3 N–H and O–H groups in total. The maximum atomic E-state index is 12.2. The summed E-state index contributed by atoms with van der Waals surface area (Å²) in [5.41, 5.74) is 7.52. The highest BCUT2D eigenvalue weighted by Gasteiger charge is 2.44. The van der Waals surface area contributed by atoms with Crippen molar-refractivity contribution in [2.24, 2.45) is 5.41 Å². The van der Waals surface area contributed by atoms with E-state index in [-0.39, 0.29) is 11.5 Å². The van der Waals surface area contributed by atoms with Crippen LogP contribution < -0.4 is 15.2 Å². The number of rotatable bonds is 4. The van der Waals surface area contributed by atoms with Crippen LogP contribution >= 0.6 is 0 Å². The van der Waals surface area contributed by atoms with Crippen LogP contribution in [0.4, 0.5) is 10.6 Å². The van der Waals surface area contributed by atoms with Gasteiger partial charge in [0.2, 0.25) is 0 Å². The molecule has 4 rings (SSSR count). The Bertz CT molecular complexity index is 927. The Labute approximate surface area is 169 Å². The number of nitrogens with zero attached hydrogens (tertiary/aromatic N) is 3. The van der Waals surface area contributed by atoms with Gasteiger partial charge in [-0.15, -0.1) is 0 Å². The van der Waals surface area contributed by atoms with Crippen LogP contribution in [-0.4, -0.2) is 58.1 Å². The molecule has 0 radical (unpaired) electrons. The zero-order valence-corrected chi connectivity index (χ0v) is 17.2. The summed E-state index contributed by atoms with van der Waals surface area (Å²) < 4.78 is 17.4. The number of aromatic nitrogens is 3. The molecule has 9 heteroatoms. The van der Waals surface area contributed by atoms with Gasteiger partial charge in [-0.3, -0.25) is 10.1 Å². The molecule has 1 fully saturated rings. The third-order valence-electron chi connectivity index (χ3n) is 4.90. The first-order valence-corrected chi connectivity index (χ1v) is 9.70. The Kier molecular flexibility index (Phi) is 4.55. The number of anilines is 1. The molecule has 4 heterocycles. The number of likely N-dealkylation sites (tertiary alicyclic amines) is 1. The smallest absolute Gasteiger partial charge is 0.410 e. The van der Waals surface area contributed by atoms with Gasteiger partial charge < -0.3 is 24.8 Å². The number of carbonyl (C=O) groups is 1. The molecule has 2 aromatic rings. The molecule has 0 unspecified atom stereocenters. The molecule has 0 atom stereocenters. The van der Waals surface area contributed by atoms with E-state index in [2.05, 4.69) is 22.1 Å². The lowest BCUT2D eigenvalue weighted by molar-refractivity contribution is -0.0428. The Morgan fingerprint density at radius 1 is 1.41 bits per heavy atom. The molecule has 2 aliphatic rings. The highest BCUT2D eigenvalue weighted by molar-refractivity contribution is 5.76. The number of pyridine rings is 1. The van der Waals surface area contributed by atoms with Crippen LogP contribution in [0.1, 0.15) is 33.4 Å². The zero-order valence-electron chi connectivity index (χ0n) is 17.2.